The van der Waals surface area contributed by atoms with Gasteiger partial charge in [0.15, 0.2) is 11.6 Å². The lowest BCUT2D eigenvalue weighted by Gasteiger charge is -2.06. The Bertz CT molecular complexity index is 440. The van der Waals surface area contributed by atoms with Crippen LogP contribution in [0.3, 0.4) is 0 Å². The highest BCUT2D eigenvalue weighted by Crippen LogP contribution is 2.09. The number of furan rings is 1. The molecular weight excluding hydrogens is 220 g/mol. The molecule has 0 N–H and O–H groups in total. The third kappa shape index (κ3) is 3.52. The fourth-order valence-corrected chi connectivity index (χ4v) is 1.44. The first-order valence-electron chi connectivity index (χ1n) is 5.34. The molecule has 1 aromatic rings. The molecule has 0 fully saturated rings. The van der Waals surface area contributed by atoms with Crippen LogP contribution in [0.5, 0.6) is 0 Å². The maximum atomic E-state index is 11.7. The smallest absolute Gasteiger partial charge is 0.173 e. The van der Waals surface area contributed by atoms with Crippen molar-refractivity contribution in [2.45, 2.75) is 20.3 Å². The molecule has 0 saturated heterocycles. The summed E-state index contributed by atoms with van der Waals surface area (Å²) < 4.78 is 5.00. The average Bonchev–Trinajstić information content (AvgIpc) is 2.78. The highest BCUT2D eigenvalue weighted by Gasteiger charge is 2.27. The van der Waals surface area contributed by atoms with Gasteiger partial charge in [0.2, 0.25) is 0 Å². The Labute approximate surface area is 99.3 Å². The number of rotatable bonds is 6. The van der Waals surface area contributed by atoms with Gasteiger partial charge in [-0.15, -0.1) is 0 Å². The molecule has 4 heteroatoms. The van der Waals surface area contributed by atoms with Gasteiger partial charge in [-0.3, -0.25) is 14.4 Å². The zero-order valence-corrected chi connectivity index (χ0v) is 9.80. The molecule has 1 atom stereocenters. The predicted octanol–water partition coefficient (Wildman–Crippen LogP) is 2.05. The van der Waals surface area contributed by atoms with Crippen LogP contribution >= 0.6 is 0 Å². The van der Waals surface area contributed by atoms with Gasteiger partial charge in [-0.1, -0.05) is 6.92 Å². The summed E-state index contributed by atoms with van der Waals surface area (Å²) in [5.41, 5.74) is 0. The molecule has 0 saturated carbocycles. The molecule has 0 aromatic carbocycles. The molecule has 0 aliphatic heterocycles. The van der Waals surface area contributed by atoms with E-state index in [4.69, 9.17) is 4.42 Å². The number of carbonyl (C=O) groups is 3. The Morgan fingerprint density at radius 1 is 1.41 bits per heavy atom. The Balaban J connectivity index is 2.79. The number of carbonyl (C=O) groups excluding carboxylic acids is 3. The topological polar surface area (TPSA) is 64.3 Å². The highest BCUT2D eigenvalue weighted by molar-refractivity contribution is 6.22. The van der Waals surface area contributed by atoms with Crippen LogP contribution in [0.4, 0.5) is 0 Å². The quantitative estimate of drug-likeness (QED) is 0.558. The number of ketones is 3. The second kappa shape index (κ2) is 5.94. The first-order valence-corrected chi connectivity index (χ1v) is 5.34. The second-order valence-corrected chi connectivity index (χ2v) is 3.61. The van der Waals surface area contributed by atoms with Crippen molar-refractivity contribution in [1.82, 2.24) is 0 Å². The van der Waals surface area contributed by atoms with E-state index in [-0.39, 0.29) is 12.2 Å². The summed E-state index contributed by atoms with van der Waals surface area (Å²) in [6, 6.07) is 3.36. The fourth-order valence-electron chi connectivity index (χ4n) is 1.44. The molecular formula is C13H14O4. The van der Waals surface area contributed by atoms with E-state index in [2.05, 4.69) is 0 Å². The molecule has 1 heterocycles. The third-order valence-corrected chi connectivity index (χ3v) is 2.32. The van der Waals surface area contributed by atoms with Gasteiger partial charge in [0.05, 0.1) is 6.26 Å². The summed E-state index contributed by atoms with van der Waals surface area (Å²) in [6.07, 6.45) is 4.30. The van der Waals surface area contributed by atoms with Crippen LogP contribution in [0.2, 0.25) is 0 Å². The summed E-state index contributed by atoms with van der Waals surface area (Å²) >= 11 is 0. The van der Waals surface area contributed by atoms with Crippen molar-refractivity contribution in [2.24, 2.45) is 5.92 Å². The summed E-state index contributed by atoms with van der Waals surface area (Å²) in [5.74, 6) is -1.95. The zero-order chi connectivity index (χ0) is 12.8. The summed E-state index contributed by atoms with van der Waals surface area (Å²) in [5, 5.41) is 0. The SMILES string of the molecule is CCC(=O)C(C(C)=O)C(=O)/C=C/c1ccco1. The van der Waals surface area contributed by atoms with Gasteiger partial charge < -0.3 is 4.42 Å². The van der Waals surface area contributed by atoms with Crippen molar-refractivity contribution < 1.29 is 18.8 Å². The van der Waals surface area contributed by atoms with Crippen molar-refractivity contribution in [3.05, 3.63) is 30.2 Å². The predicted molar refractivity (Wildman–Crippen MR) is 62.2 cm³/mol. The molecule has 0 amide bonds. The van der Waals surface area contributed by atoms with E-state index in [9.17, 15) is 14.4 Å². The van der Waals surface area contributed by atoms with Gasteiger partial charge in [-0.05, 0) is 31.2 Å². The van der Waals surface area contributed by atoms with Crippen molar-refractivity contribution in [2.75, 3.05) is 0 Å². The van der Waals surface area contributed by atoms with Gasteiger partial charge in [0.1, 0.15) is 17.5 Å². The lowest BCUT2D eigenvalue weighted by Crippen LogP contribution is -2.28. The summed E-state index contributed by atoms with van der Waals surface area (Å²) in [7, 11) is 0. The summed E-state index contributed by atoms with van der Waals surface area (Å²) in [6.45, 7) is 2.87. The van der Waals surface area contributed by atoms with E-state index in [1.54, 1.807) is 19.1 Å². The zero-order valence-electron chi connectivity index (χ0n) is 9.80. The van der Waals surface area contributed by atoms with Crippen LogP contribution in [0.25, 0.3) is 6.08 Å². The minimum atomic E-state index is -1.17. The van der Waals surface area contributed by atoms with E-state index in [0.29, 0.717) is 5.76 Å². The Hall–Kier alpha value is -1.97. The van der Waals surface area contributed by atoms with E-state index in [1.165, 1.54) is 25.3 Å². The van der Waals surface area contributed by atoms with E-state index in [1.807, 2.05) is 0 Å². The third-order valence-electron chi connectivity index (χ3n) is 2.32. The average molecular weight is 234 g/mol. The molecule has 90 valence electrons. The molecule has 1 rings (SSSR count). The van der Waals surface area contributed by atoms with Crippen molar-refractivity contribution in [3.63, 3.8) is 0 Å². The minimum absolute atomic E-state index is 0.171. The molecule has 0 bridgehead atoms. The van der Waals surface area contributed by atoms with Crippen molar-refractivity contribution in [3.8, 4) is 0 Å². The van der Waals surface area contributed by atoms with Gasteiger partial charge >= 0.3 is 0 Å². The molecule has 17 heavy (non-hydrogen) atoms. The molecule has 1 aromatic heterocycles. The lowest BCUT2D eigenvalue weighted by molar-refractivity contribution is -0.137. The molecule has 4 nitrogen and oxygen atoms in total. The molecule has 1 unspecified atom stereocenters. The molecule has 0 spiro atoms. The van der Waals surface area contributed by atoms with Crippen LogP contribution < -0.4 is 0 Å². The minimum Gasteiger partial charge on any atom is -0.465 e. The number of allylic oxidation sites excluding steroid dienone is 1. The molecule has 0 aliphatic rings. The van der Waals surface area contributed by atoms with Gasteiger partial charge in [-0.2, -0.15) is 0 Å². The first kappa shape index (κ1) is 13.1. The normalized spacial score (nSPS) is 12.6. The van der Waals surface area contributed by atoms with E-state index < -0.39 is 17.5 Å². The Morgan fingerprint density at radius 2 is 2.12 bits per heavy atom. The van der Waals surface area contributed by atoms with Crippen LogP contribution in [-0.2, 0) is 14.4 Å². The molecule has 0 aliphatic carbocycles. The molecule has 0 radical (unpaired) electrons. The largest absolute Gasteiger partial charge is 0.465 e. The first-order chi connectivity index (χ1) is 8.06. The standard InChI is InChI=1S/C13H14O4/c1-3-11(15)13(9(2)14)12(16)7-6-10-5-4-8-17-10/h4-8,13H,3H2,1-2H3/b7-6+. The number of hydrogen-bond donors (Lipinski definition) is 0. The monoisotopic (exact) mass is 234 g/mol. The van der Waals surface area contributed by atoms with E-state index >= 15 is 0 Å². The van der Waals surface area contributed by atoms with Crippen molar-refractivity contribution in [1.29, 1.82) is 0 Å². The van der Waals surface area contributed by atoms with Crippen molar-refractivity contribution >= 4 is 23.4 Å². The van der Waals surface area contributed by atoms with Crippen LogP contribution in [0, 0.1) is 5.92 Å². The van der Waals surface area contributed by atoms with Gasteiger partial charge in [0.25, 0.3) is 0 Å². The highest BCUT2D eigenvalue weighted by atomic mass is 16.3. The van der Waals surface area contributed by atoms with Crippen LogP contribution in [0.15, 0.2) is 28.9 Å². The second-order valence-electron chi connectivity index (χ2n) is 3.61. The van der Waals surface area contributed by atoms with E-state index in [0.717, 1.165) is 0 Å². The van der Waals surface area contributed by atoms with Gasteiger partial charge in [-0.25, -0.2) is 0 Å². The maximum absolute atomic E-state index is 11.7. The fraction of sp³-hybridized carbons (Fsp3) is 0.308. The number of Topliss-reactive ketones (excluding diaryl/α,β-unsaturated/α-hetero) is 2. The lowest BCUT2D eigenvalue weighted by atomic mass is 9.93. The maximum Gasteiger partial charge on any atom is 0.173 e. The van der Waals surface area contributed by atoms with Gasteiger partial charge in [0, 0.05) is 6.42 Å². The Kier molecular flexibility index (Phi) is 4.57. The summed E-state index contributed by atoms with van der Waals surface area (Å²) in [4.78, 5) is 34.4. The number of hydrogen-bond acceptors (Lipinski definition) is 4. The Morgan fingerprint density at radius 3 is 2.59 bits per heavy atom. The van der Waals surface area contributed by atoms with Crippen LogP contribution in [-0.4, -0.2) is 17.3 Å². The van der Waals surface area contributed by atoms with Crippen LogP contribution in [0.1, 0.15) is 26.0 Å².